The fourth-order valence-corrected chi connectivity index (χ4v) is 4.64. The summed E-state index contributed by atoms with van der Waals surface area (Å²) in [5.41, 5.74) is 1.12. The van der Waals surface area contributed by atoms with Gasteiger partial charge in [0.2, 0.25) is 0 Å². The van der Waals surface area contributed by atoms with Crippen LogP contribution < -0.4 is 24.4 Å². The molecule has 3 aromatic rings. The summed E-state index contributed by atoms with van der Waals surface area (Å²) in [5, 5.41) is 3.27. The maximum absolute atomic E-state index is 13.4. The van der Waals surface area contributed by atoms with Gasteiger partial charge < -0.3 is 14.2 Å². The van der Waals surface area contributed by atoms with Gasteiger partial charge in [-0.2, -0.15) is 0 Å². The van der Waals surface area contributed by atoms with Gasteiger partial charge in [-0.05, 0) is 57.4 Å². The van der Waals surface area contributed by atoms with E-state index in [-0.39, 0.29) is 34.4 Å². The SMILES string of the molecule is COc1cc(N2C(=O)NC(=O)/C(=C\c3ccc(OCc4ccc(Cl)c(Cl)c4)c(Br)c3)C2=O)c(OC)cc1Cl. The summed E-state index contributed by atoms with van der Waals surface area (Å²) in [7, 11) is 2.75. The van der Waals surface area contributed by atoms with Crippen LogP contribution in [0.1, 0.15) is 11.1 Å². The molecule has 1 heterocycles. The second-order valence-electron chi connectivity index (χ2n) is 7.84. The van der Waals surface area contributed by atoms with Gasteiger partial charge in [0, 0.05) is 12.1 Å². The van der Waals surface area contributed by atoms with Crippen LogP contribution in [0.5, 0.6) is 17.2 Å². The molecule has 1 saturated heterocycles. The number of methoxy groups -OCH3 is 2. The number of benzene rings is 3. The molecule has 38 heavy (non-hydrogen) atoms. The van der Waals surface area contributed by atoms with Crippen molar-refractivity contribution in [2.24, 2.45) is 0 Å². The van der Waals surface area contributed by atoms with Crippen LogP contribution >= 0.6 is 50.7 Å². The van der Waals surface area contributed by atoms with E-state index in [2.05, 4.69) is 21.2 Å². The molecule has 1 fully saturated rings. The fourth-order valence-electron chi connectivity index (χ4n) is 3.58. The predicted octanol–water partition coefficient (Wildman–Crippen LogP) is 6.67. The molecule has 0 bridgehead atoms. The monoisotopic (exact) mass is 638 g/mol. The normalized spacial score (nSPS) is 14.5. The third-order valence-electron chi connectivity index (χ3n) is 5.44. The number of hydrogen-bond donors (Lipinski definition) is 1. The standard InChI is InChI=1S/C26H18BrCl3N2O6/c1-36-22-11-20(23(37-2)10-19(22)30)32-25(34)15(24(33)31-26(32)35)7-13-4-6-21(16(27)8-13)38-12-14-3-5-17(28)18(29)9-14/h3-11H,12H2,1-2H3,(H,31,33,35)/b15-7+. The Bertz CT molecular complexity index is 1490. The fraction of sp³-hybridized carbons (Fsp3) is 0.115. The first-order chi connectivity index (χ1) is 18.1. The van der Waals surface area contributed by atoms with Crippen LogP contribution in [0.4, 0.5) is 10.5 Å². The minimum atomic E-state index is -0.938. The van der Waals surface area contributed by atoms with Gasteiger partial charge in [0.25, 0.3) is 11.8 Å². The van der Waals surface area contributed by atoms with Crippen molar-refractivity contribution in [1.82, 2.24) is 5.32 Å². The van der Waals surface area contributed by atoms with Crippen LogP contribution in [-0.2, 0) is 16.2 Å². The number of halogens is 4. The van der Waals surface area contributed by atoms with E-state index in [1.807, 2.05) is 0 Å². The van der Waals surface area contributed by atoms with Gasteiger partial charge in [-0.3, -0.25) is 14.9 Å². The minimum Gasteiger partial charge on any atom is -0.495 e. The maximum atomic E-state index is 13.4. The van der Waals surface area contributed by atoms with Gasteiger partial charge in [0.15, 0.2) is 0 Å². The van der Waals surface area contributed by atoms with Crippen LogP contribution in [0, 0.1) is 0 Å². The van der Waals surface area contributed by atoms with Crippen molar-refractivity contribution in [2.45, 2.75) is 6.61 Å². The topological polar surface area (TPSA) is 94.2 Å². The molecule has 1 aliphatic rings. The zero-order valence-corrected chi connectivity index (χ0v) is 23.7. The van der Waals surface area contributed by atoms with Crippen molar-refractivity contribution in [2.75, 3.05) is 19.1 Å². The molecule has 0 unspecified atom stereocenters. The van der Waals surface area contributed by atoms with Gasteiger partial charge in [-0.15, -0.1) is 0 Å². The van der Waals surface area contributed by atoms with Gasteiger partial charge in [0.1, 0.15) is 29.4 Å². The molecule has 3 aromatic carbocycles. The van der Waals surface area contributed by atoms with Crippen molar-refractivity contribution in [3.8, 4) is 17.2 Å². The van der Waals surface area contributed by atoms with Gasteiger partial charge >= 0.3 is 6.03 Å². The number of imide groups is 2. The third kappa shape index (κ3) is 5.76. The van der Waals surface area contributed by atoms with Crippen LogP contribution in [-0.4, -0.2) is 32.1 Å². The molecule has 196 valence electrons. The summed E-state index contributed by atoms with van der Waals surface area (Å²) in [5.74, 6) is -0.817. The Kier molecular flexibility index (Phi) is 8.52. The van der Waals surface area contributed by atoms with Crippen LogP contribution in [0.3, 0.4) is 0 Å². The number of rotatable bonds is 7. The molecule has 1 aliphatic heterocycles. The summed E-state index contributed by atoms with van der Waals surface area (Å²) in [6, 6.07) is 12.0. The maximum Gasteiger partial charge on any atom is 0.336 e. The predicted molar refractivity (Wildman–Crippen MR) is 148 cm³/mol. The number of barbiturate groups is 1. The average Bonchev–Trinajstić information content (AvgIpc) is 2.88. The highest BCUT2D eigenvalue weighted by atomic mass is 79.9. The van der Waals surface area contributed by atoms with Crippen LogP contribution in [0.2, 0.25) is 15.1 Å². The molecule has 12 heteroatoms. The van der Waals surface area contributed by atoms with Crippen molar-refractivity contribution < 1.29 is 28.6 Å². The Labute approximate surface area is 241 Å². The highest BCUT2D eigenvalue weighted by Gasteiger charge is 2.38. The average molecular weight is 641 g/mol. The molecule has 0 aliphatic carbocycles. The van der Waals surface area contributed by atoms with E-state index in [9.17, 15) is 14.4 Å². The Balaban J connectivity index is 1.61. The lowest BCUT2D eigenvalue weighted by Crippen LogP contribution is -2.54. The number of anilines is 1. The van der Waals surface area contributed by atoms with E-state index in [4.69, 9.17) is 49.0 Å². The second-order valence-corrected chi connectivity index (χ2v) is 9.92. The van der Waals surface area contributed by atoms with E-state index in [0.717, 1.165) is 10.5 Å². The first kappa shape index (κ1) is 27.8. The van der Waals surface area contributed by atoms with E-state index >= 15 is 0 Å². The number of carbonyl (C=O) groups is 3. The first-order valence-electron chi connectivity index (χ1n) is 10.8. The summed E-state index contributed by atoms with van der Waals surface area (Å²) in [4.78, 5) is 39.4. The molecule has 4 rings (SSSR count). The van der Waals surface area contributed by atoms with Gasteiger partial charge in [-0.1, -0.05) is 46.9 Å². The van der Waals surface area contributed by atoms with Crippen LogP contribution in [0.15, 0.2) is 58.6 Å². The first-order valence-corrected chi connectivity index (χ1v) is 12.7. The second kappa shape index (κ2) is 11.7. The number of ether oxygens (including phenoxy) is 3. The van der Waals surface area contributed by atoms with Crippen molar-refractivity contribution in [1.29, 1.82) is 0 Å². The number of hydrogen-bond acceptors (Lipinski definition) is 6. The van der Waals surface area contributed by atoms with Crippen molar-refractivity contribution in [3.63, 3.8) is 0 Å². The Morgan fingerprint density at radius 2 is 1.61 bits per heavy atom. The van der Waals surface area contributed by atoms with Crippen molar-refractivity contribution in [3.05, 3.63) is 84.8 Å². The Morgan fingerprint density at radius 1 is 0.868 bits per heavy atom. The molecule has 0 atom stereocenters. The van der Waals surface area contributed by atoms with E-state index in [1.54, 1.807) is 36.4 Å². The molecule has 0 spiro atoms. The van der Waals surface area contributed by atoms with Gasteiger partial charge in [-0.25, -0.2) is 9.69 Å². The highest BCUT2D eigenvalue weighted by Crippen LogP contribution is 2.39. The number of urea groups is 1. The summed E-state index contributed by atoms with van der Waals surface area (Å²) in [6.07, 6.45) is 1.37. The number of nitrogens with zero attached hydrogens (tertiary/aromatic N) is 1. The summed E-state index contributed by atoms with van der Waals surface area (Å²) in [6.45, 7) is 0.236. The molecular weight excluding hydrogens is 623 g/mol. The zero-order valence-electron chi connectivity index (χ0n) is 19.8. The molecule has 0 aromatic heterocycles. The molecule has 8 nitrogen and oxygen atoms in total. The number of carbonyl (C=O) groups excluding carboxylic acids is 3. The number of nitrogens with one attached hydrogen (secondary N) is 1. The Morgan fingerprint density at radius 3 is 2.26 bits per heavy atom. The minimum absolute atomic E-state index is 0.0573. The molecule has 1 N–H and O–H groups in total. The smallest absolute Gasteiger partial charge is 0.336 e. The molecule has 0 saturated carbocycles. The molecule has 4 amide bonds. The number of amides is 4. The summed E-state index contributed by atoms with van der Waals surface area (Å²) < 4.78 is 16.9. The lowest BCUT2D eigenvalue weighted by Gasteiger charge is -2.28. The lowest BCUT2D eigenvalue weighted by molar-refractivity contribution is -0.122. The van der Waals surface area contributed by atoms with Crippen molar-refractivity contribution >= 4 is 80.3 Å². The van der Waals surface area contributed by atoms with E-state index < -0.39 is 17.8 Å². The summed E-state index contributed by atoms with van der Waals surface area (Å²) >= 11 is 21.6. The third-order valence-corrected chi connectivity index (χ3v) is 7.10. The van der Waals surface area contributed by atoms with E-state index in [0.29, 0.717) is 25.8 Å². The highest BCUT2D eigenvalue weighted by molar-refractivity contribution is 9.10. The molecular formula is C26H18BrCl3N2O6. The Hall–Kier alpha value is -3.24. The lowest BCUT2D eigenvalue weighted by atomic mass is 10.1. The zero-order chi connectivity index (χ0) is 27.6. The van der Waals surface area contributed by atoms with E-state index in [1.165, 1.54) is 32.4 Å². The quantitative estimate of drug-likeness (QED) is 0.229. The molecule has 0 radical (unpaired) electrons. The van der Waals surface area contributed by atoms with Crippen LogP contribution in [0.25, 0.3) is 6.08 Å². The van der Waals surface area contributed by atoms with Gasteiger partial charge in [0.05, 0.1) is 39.4 Å². The largest absolute Gasteiger partial charge is 0.495 e.